The van der Waals surface area contributed by atoms with Crippen LogP contribution in [0.3, 0.4) is 0 Å². The van der Waals surface area contributed by atoms with Gasteiger partial charge in [0.15, 0.2) is 0 Å². The zero-order chi connectivity index (χ0) is 12.2. The van der Waals surface area contributed by atoms with Gasteiger partial charge in [-0.3, -0.25) is 4.79 Å². The smallest absolute Gasteiger partial charge is 0.310 e. The second-order valence-electron chi connectivity index (χ2n) is 4.74. The average Bonchev–Trinajstić information content (AvgIpc) is 2.15. The Labute approximate surface area is 109 Å². The fourth-order valence-corrected chi connectivity index (χ4v) is 1.46. The van der Waals surface area contributed by atoms with E-state index in [1.54, 1.807) is 0 Å². The van der Waals surface area contributed by atoms with E-state index < -0.39 is 5.60 Å². The normalized spacial score (nSPS) is 10.6. The van der Waals surface area contributed by atoms with Crippen molar-refractivity contribution in [1.82, 2.24) is 0 Å². The third-order valence-corrected chi connectivity index (χ3v) is 2.09. The van der Waals surface area contributed by atoms with Crippen LogP contribution in [0.25, 0.3) is 0 Å². The van der Waals surface area contributed by atoms with Crippen LogP contribution in [0.1, 0.15) is 31.9 Å². The molecule has 1 aromatic rings. The number of carbonyl (C=O) groups excluding carboxylic acids is 1. The Bertz CT molecular complexity index is 372. The molecular weight excluding hydrogens is 238 g/mol. The van der Waals surface area contributed by atoms with Crippen LogP contribution in [0.2, 0.25) is 0 Å². The number of esters is 1. The van der Waals surface area contributed by atoms with Crippen molar-refractivity contribution < 1.29 is 9.53 Å². The van der Waals surface area contributed by atoms with E-state index in [0.717, 1.165) is 11.1 Å². The molecule has 0 atom stereocenters. The van der Waals surface area contributed by atoms with Crippen molar-refractivity contribution in [1.29, 1.82) is 0 Å². The Morgan fingerprint density at radius 2 is 1.76 bits per heavy atom. The summed E-state index contributed by atoms with van der Waals surface area (Å²) in [5, 5.41) is 0. The molecular formula is C13H20ClNO2. The number of carbonyl (C=O) groups is 1. The third kappa shape index (κ3) is 5.71. The Morgan fingerprint density at radius 3 is 2.24 bits per heavy atom. The minimum absolute atomic E-state index is 0. The second-order valence-corrected chi connectivity index (χ2v) is 4.74. The Balaban J connectivity index is 0.00000256. The number of halogens is 1. The molecule has 0 unspecified atom stereocenters. The van der Waals surface area contributed by atoms with E-state index in [-0.39, 0.29) is 24.8 Å². The SMILES string of the molecule is CC(C)(C)OC(=O)Cc1ccccc1CN.Cl. The Kier molecular flexibility index (Phi) is 6.21. The number of rotatable bonds is 3. The lowest BCUT2D eigenvalue weighted by Gasteiger charge is -2.19. The second kappa shape index (κ2) is 6.62. The monoisotopic (exact) mass is 257 g/mol. The van der Waals surface area contributed by atoms with Crippen molar-refractivity contribution in [3.8, 4) is 0 Å². The average molecular weight is 258 g/mol. The van der Waals surface area contributed by atoms with Gasteiger partial charge in [0.05, 0.1) is 6.42 Å². The standard InChI is InChI=1S/C13H19NO2.ClH/c1-13(2,3)16-12(15)8-10-6-4-5-7-11(10)9-14;/h4-7H,8-9,14H2,1-3H3;1H. The lowest BCUT2D eigenvalue weighted by Crippen LogP contribution is -2.25. The molecule has 2 N–H and O–H groups in total. The number of hydrogen-bond acceptors (Lipinski definition) is 3. The van der Waals surface area contributed by atoms with Crippen molar-refractivity contribution in [2.24, 2.45) is 5.73 Å². The maximum atomic E-state index is 11.6. The highest BCUT2D eigenvalue weighted by Crippen LogP contribution is 2.13. The summed E-state index contributed by atoms with van der Waals surface area (Å²) in [6, 6.07) is 7.66. The molecule has 0 bridgehead atoms. The molecule has 96 valence electrons. The first-order valence-electron chi connectivity index (χ1n) is 5.41. The number of hydrogen-bond donors (Lipinski definition) is 1. The fraction of sp³-hybridized carbons (Fsp3) is 0.462. The molecule has 0 heterocycles. The first kappa shape index (κ1) is 15.9. The summed E-state index contributed by atoms with van der Waals surface area (Å²) >= 11 is 0. The third-order valence-electron chi connectivity index (χ3n) is 2.09. The van der Waals surface area contributed by atoms with Crippen LogP contribution >= 0.6 is 12.4 Å². The molecule has 0 fully saturated rings. The largest absolute Gasteiger partial charge is 0.460 e. The first-order valence-corrected chi connectivity index (χ1v) is 5.41. The van der Waals surface area contributed by atoms with Gasteiger partial charge in [-0.2, -0.15) is 0 Å². The van der Waals surface area contributed by atoms with E-state index >= 15 is 0 Å². The molecule has 0 spiro atoms. The van der Waals surface area contributed by atoms with Crippen LogP contribution in [-0.2, 0) is 22.5 Å². The van der Waals surface area contributed by atoms with Crippen LogP contribution in [-0.4, -0.2) is 11.6 Å². The van der Waals surface area contributed by atoms with Crippen molar-refractivity contribution in [2.75, 3.05) is 0 Å². The van der Waals surface area contributed by atoms with Gasteiger partial charge >= 0.3 is 5.97 Å². The summed E-state index contributed by atoms with van der Waals surface area (Å²) in [5.74, 6) is -0.214. The van der Waals surface area contributed by atoms with Crippen molar-refractivity contribution in [3.05, 3.63) is 35.4 Å². The summed E-state index contributed by atoms with van der Waals surface area (Å²) in [7, 11) is 0. The van der Waals surface area contributed by atoms with Crippen molar-refractivity contribution >= 4 is 18.4 Å². The van der Waals surface area contributed by atoms with Gasteiger partial charge in [-0.15, -0.1) is 12.4 Å². The van der Waals surface area contributed by atoms with Gasteiger partial charge in [-0.1, -0.05) is 24.3 Å². The molecule has 0 saturated heterocycles. The molecule has 0 amide bonds. The highest BCUT2D eigenvalue weighted by molar-refractivity contribution is 5.85. The molecule has 0 aliphatic rings. The maximum Gasteiger partial charge on any atom is 0.310 e. The van der Waals surface area contributed by atoms with Crippen LogP contribution in [0.15, 0.2) is 24.3 Å². The van der Waals surface area contributed by atoms with E-state index in [0.29, 0.717) is 6.54 Å². The molecule has 0 aliphatic carbocycles. The molecule has 3 nitrogen and oxygen atoms in total. The van der Waals surface area contributed by atoms with E-state index in [1.807, 2.05) is 45.0 Å². The highest BCUT2D eigenvalue weighted by atomic mass is 35.5. The van der Waals surface area contributed by atoms with E-state index in [9.17, 15) is 4.79 Å². The van der Waals surface area contributed by atoms with Crippen molar-refractivity contribution in [3.63, 3.8) is 0 Å². The number of nitrogens with two attached hydrogens (primary N) is 1. The molecule has 1 aromatic carbocycles. The summed E-state index contributed by atoms with van der Waals surface area (Å²) in [4.78, 5) is 11.6. The van der Waals surface area contributed by atoms with E-state index in [1.165, 1.54) is 0 Å². The Morgan fingerprint density at radius 1 is 1.24 bits per heavy atom. The van der Waals surface area contributed by atoms with Gasteiger partial charge in [0, 0.05) is 6.54 Å². The minimum Gasteiger partial charge on any atom is -0.460 e. The molecule has 0 radical (unpaired) electrons. The molecule has 4 heteroatoms. The summed E-state index contributed by atoms with van der Waals surface area (Å²) in [5.41, 5.74) is 7.10. The molecule has 17 heavy (non-hydrogen) atoms. The number of benzene rings is 1. The van der Waals surface area contributed by atoms with Gasteiger partial charge in [0.1, 0.15) is 5.60 Å². The molecule has 0 aromatic heterocycles. The maximum absolute atomic E-state index is 11.6. The predicted molar refractivity (Wildman–Crippen MR) is 71.1 cm³/mol. The van der Waals surface area contributed by atoms with Gasteiger partial charge < -0.3 is 10.5 Å². The van der Waals surface area contributed by atoms with Gasteiger partial charge in [0.2, 0.25) is 0 Å². The molecule has 0 aliphatic heterocycles. The van der Waals surface area contributed by atoms with E-state index in [2.05, 4.69) is 0 Å². The molecule has 1 rings (SSSR count). The minimum atomic E-state index is -0.436. The Hall–Kier alpha value is -1.06. The summed E-state index contributed by atoms with van der Waals surface area (Å²) in [6.45, 7) is 6.03. The zero-order valence-corrected chi connectivity index (χ0v) is 11.3. The molecule has 0 saturated carbocycles. The van der Waals surface area contributed by atoms with Crippen LogP contribution < -0.4 is 5.73 Å². The topological polar surface area (TPSA) is 52.3 Å². The quantitative estimate of drug-likeness (QED) is 0.847. The fourth-order valence-electron chi connectivity index (χ4n) is 1.46. The van der Waals surface area contributed by atoms with Gasteiger partial charge in [-0.05, 0) is 31.9 Å². The first-order chi connectivity index (χ1) is 7.42. The predicted octanol–water partition coefficient (Wildman–Crippen LogP) is 2.45. The van der Waals surface area contributed by atoms with Crippen LogP contribution in [0.4, 0.5) is 0 Å². The number of ether oxygens (including phenoxy) is 1. The summed E-state index contributed by atoms with van der Waals surface area (Å²) in [6.07, 6.45) is 0.282. The lowest BCUT2D eigenvalue weighted by atomic mass is 10.0. The summed E-state index contributed by atoms with van der Waals surface area (Å²) < 4.78 is 5.26. The van der Waals surface area contributed by atoms with Crippen LogP contribution in [0, 0.1) is 0 Å². The highest BCUT2D eigenvalue weighted by Gasteiger charge is 2.17. The van der Waals surface area contributed by atoms with Crippen molar-refractivity contribution in [2.45, 2.75) is 39.3 Å². The lowest BCUT2D eigenvalue weighted by molar-refractivity contribution is -0.153. The van der Waals surface area contributed by atoms with Crippen LogP contribution in [0.5, 0.6) is 0 Å². The van der Waals surface area contributed by atoms with Gasteiger partial charge in [-0.25, -0.2) is 0 Å². The van der Waals surface area contributed by atoms with Gasteiger partial charge in [0.25, 0.3) is 0 Å². The zero-order valence-electron chi connectivity index (χ0n) is 10.5. The van der Waals surface area contributed by atoms with E-state index in [4.69, 9.17) is 10.5 Å².